The highest BCUT2D eigenvalue weighted by atomic mass is 16.8. The van der Waals surface area contributed by atoms with E-state index in [1.165, 1.54) is 12.5 Å². The molecule has 3 heterocycles. The second kappa shape index (κ2) is 25.0. The summed E-state index contributed by atoms with van der Waals surface area (Å²) in [6.45, 7) is 1.28. The Labute approximate surface area is 327 Å². The number of unbranched alkanes of at least 4 members (excludes halogenated alkanes) is 5. The summed E-state index contributed by atoms with van der Waals surface area (Å²) in [5.74, 6) is -0.329. The highest BCUT2D eigenvalue weighted by molar-refractivity contribution is 5.76. The number of rotatable bonds is 23. The van der Waals surface area contributed by atoms with Crippen LogP contribution >= 0.6 is 0 Å². The molecule has 17 atom stereocenters. The van der Waals surface area contributed by atoms with Crippen LogP contribution in [0.4, 0.5) is 0 Å². The van der Waals surface area contributed by atoms with E-state index in [0.29, 0.717) is 12.8 Å². The second-order valence-electron chi connectivity index (χ2n) is 14.4. The minimum Gasteiger partial charge on any atom is -0.394 e. The summed E-state index contributed by atoms with van der Waals surface area (Å²) in [6.07, 6.45) is -11.8. The van der Waals surface area contributed by atoms with Crippen LogP contribution < -0.4 is 5.32 Å². The minimum atomic E-state index is -1.97. The van der Waals surface area contributed by atoms with Crippen molar-refractivity contribution in [2.75, 3.05) is 26.4 Å². The van der Waals surface area contributed by atoms with Crippen LogP contribution in [0.3, 0.4) is 0 Å². The van der Waals surface area contributed by atoms with Crippen molar-refractivity contribution in [1.82, 2.24) is 5.32 Å². The van der Waals surface area contributed by atoms with Gasteiger partial charge in [0.05, 0.1) is 38.6 Å². The SMILES string of the molecule is CCCCC/C=C/CC/C=C/C(O)C(COC1OC(CO)C(OC2OC(CO)C(OC3OC(CO)C(O)C(O)C3O)C(O)C2O)C(O)C1O)NC(=O)CCCC. The molecule has 19 nitrogen and oxygen atoms in total. The number of nitrogens with one attached hydrogen (secondary N) is 1. The Balaban J connectivity index is 1.63. The molecule has 12 N–H and O–H groups in total. The molecule has 3 rings (SSSR count). The maximum Gasteiger partial charge on any atom is 0.220 e. The van der Waals surface area contributed by atoms with Gasteiger partial charge in [-0.1, -0.05) is 57.4 Å². The first-order valence-corrected chi connectivity index (χ1v) is 19.6. The summed E-state index contributed by atoms with van der Waals surface area (Å²) in [7, 11) is 0. The van der Waals surface area contributed by atoms with Crippen molar-refractivity contribution in [3.63, 3.8) is 0 Å². The highest BCUT2D eigenvalue weighted by Gasteiger charge is 2.53. The van der Waals surface area contributed by atoms with Crippen LogP contribution in [0.25, 0.3) is 0 Å². The summed E-state index contributed by atoms with van der Waals surface area (Å²) in [5, 5.41) is 118. The lowest BCUT2D eigenvalue weighted by molar-refractivity contribution is -0.379. The molecule has 3 aliphatic rings. The van der Waals surface area contributed by atoms with Crippen LogP contribution in [-0.2, 0) is 33.2 Å². The number of hydrogen-bond donors (Lipinski definition) is 12. The van der Waals surface area contributed by atoms with Gasteiger partial charge in [0, 0.05) is 6.42 Å². The summed E-state index contributed by atoms with van der Waals surface area (Å²) in [5.41, 5.74) is 0. The average Bonchev–Trinajstić information content (AvgIpc) is 3.19. The lowest BCUT2D eigenvalue weighted by atomic mass is 9.96. The number of hydrogen-bond acceptors (Lipinski definition) is 18. The maximum atomic E-state index is 12.6. The number of amides is 1. The van der Waals surface area contributed by atoms with Crippen molar-refractivity contribution in [3.8, 4) is 0 Å². The van der Waals surface area contributed by atoms with Crippen LogP contribution in [0.1, 0.15) is 71.6 Å². The van der Waals surface area contributed by atoms with Gasteiger partial charge in [0.1, 0.15) is 73.2 Å². The van der Waals surface area contributed by atoms with Crippen molar-refractivity contribution in [3.05, 3.63) is 24.3 Å². The van der Waals surface area contributed by atoms with E-state index >= 15 is 0 Å². The molecule has 0 aliphatic carbocycles. The number of aliphatic hydroxyl groups is 11. The van der Waals surface area contributed by atoms with Crippen LogP contribution in [0.2, 0.25) is 0 Å². The van der Waals surface area contributed by atoms with Crippen LogP contribution in [0, 0.1) is 0 Å². The molecular formula is C37H65NO18. The standard InChI is InChI=1S/C37H65NO18/c1-3-5-7-8-9-10-11-12-13-14-21(42)20(38-25(43)15-6-4-2)19-51-35-31(49)28(46)33(23(17-40)53-35)56-37-32(50)29(47)34(24(18-41)54-37)55-36-30(48)27(45)26(44)22(16-39)52-36/h9-10,13-14,20-24,26-37,39-42,44-50H,3-8,11-12,15-19H2,1-2H3,(H,38,43)/b10-9+,14-13+. The molecule has 326 valence electrons. The molecule has 19 heteroatoms. The zero-order valence-electron chi connectivity index (χ0n) is 32.1. The summed E-state index contributed by atoms with van der Waals surface area (Å²) >= 11 is 0. The Morgan fingerprint density at radius 1 is 0.625 bits per heavy atom. The molecule has 0 aromatic rings. The molecule has 0 aromatic heterocycles. The van der Waals surface area contributed by atoms with Gasteiger partial charge in [-0.15, -0.1) is 0 Å². The van der Waals surface area contributed by atoms with Crippen LogP contribution in [0.5, 0.6) is 0 Å². The number of aliphatic hydroxyl groups excluding tert-OH is 11. The first-order valence-electron chi connectivity index (χ1n) is 19.6. The van der Waals surface area contributed by atoms with E-state index in [0.717, 1.165) is 32.1 Å². The molecule has 0 aromatic carbocycles. The number of carbonyl (C=O) groups is 1. The van der Waals surface area contributed by atoms with Gasteiger partial charge in [0.15, 0.2) is 18.9 Å². The van der Waals surface area contributed by atoms with Crippen LogP contribution in [0.15, 0.2) is 24.3 Å². The van der Waals surface area contributed by atoms with Crippen molar-refractivity contribution in [2.45, 2.75) is 176 Å². The molecule has 56 heavy (non-hydrogen) atoms. The van der Waals surface area contributed by atoms with Crippen molar-refractivity contribution >= 4 is 5.91 Å². The number of ether oxygens (including phenoxy) is 6. The zero-order chi connectivity index (χ0) is 41.4. The normalized spacial score (nSPS) is 37.9. The van der Waals surface area contributed by atoms with Gasteiger partial charge in [0.2, 0.25) is 5.91 Å². The Morgan fingerprint density at radius 3 is 1.70 bits per heavy atom. The van der Waals surface area contributed by atoms with Crippen molar-refractivity contribution in [1.29, 1.82) is 0 Å². The van der Waals surface area contributed by atoms with E-state index in [1.807, 2.05) is 6.92 Å². The first kappa shape index (κ1) is 48.6. The third-order valence-electron chi connectivity index (χ3n) is 10.0. The summed E-state index contributed by atoms with van der Waals surface area (Å²) in [4.78, 5) is 12.6. The largest absolute Gasteiger partial charge is 0.394 e. The van der Waals surface area contributed by atoms with Crippen LogP contribution in [-0.4, -0.2) is 193 Å². The number of carbonyl (C=O) groups excluding carboxylic acids is 1. The van der Waals surface area contributed by atoms with Crippen molar-refractivity contribution < 1.29 is 89.4 Å². The third kappa shape index (κ3) is 13.7. The highest BCUT2D eigenvalue weighted by Crippen LogP contribution is 2.32. The monoisotopic (exact) mass is 811 g/mol. The Kier molecular flexibility index (Phi) is 21.7. The summed E-state index contributed by atoms with van der Waals surface area (Å²) < 4.78 is 33.6. The molecule has 3 saturated heterocycles. The molecule has 1 amide bonds. The fourth-order valence-corrected chi connectivity index (χ4v) is 6.53. The topological polar surface area (TPSA) is 307 Å². The van der Waals surface area contributed by atoms with Gasteiger partial charge in [-0.2, -0.15) is 0 Å². The smallest absolute Gasteiger partial charge is 0.220 e. The van der Waals surface area contributed by atoms with E-state index in [2.05, 4.69) is 24.4 Å². The fourth-order valence-electron chi connectivity index (χ4n) is 6.53. The van der Waals surface area contributed by atoms with E-state index in [9.17, 15) is 61.0 Å². The Morgan fingerprint density at radius 2 is 1.12 bits per heavy atom. The molecule has 3 fully saturated rings. The van der Waals surface area contributed by atoms with Gasteiger partial charge >= 0.3 is 0 Å². The predicted octanol–water partition coefficient (Wildman–Crippen LogP) is -3.04. The van der Waals surface area contributed by atoms with E-state index in [1.54, 1.807) is 6.08 Å². The van der Waals surface area contributed by atoms with Crippen molar-refractivity contribution in [2.24, 2.45) is 0 Å². The molecule has 0 bridgehead atoms. The molecular weight excluding hydrogens is 746 g/mol. The maximum absolute atomic E-state index is 12.6. The Hall–Kier alpha value is -1.73. The fraction of sp³-hybridized carbons (Fsp3) is 0.865. The molecule has 0 saturated carbocycles. The van der Waals surface area contributed by atoms with Gasteiger partial charge in [-0.3, -0.25) is 4.79 Å². The summed E-state index contributed by atoms with van der Waals surface area (Å²) in [6, 6.07) is -0.976. The molecule has 3 aliphatic heterocycles. The minimum absolute atomic E-state index is 0.209. The molecule has 0 radical (unpaired) electrons. The Bertz CT molecular complexity index is 1160. The van der Waals surface area contributed by atoms with Gasteiger partial charge in [-0.25, -0.2) is 0 Å². The first-order chi connectivity index (χ1) is 26.8. The second-order valence-corrected chi connectivity index (χ2v) is 14.4. The van der Waals surface area contributed by atoms with Gasteiger partial charge in [-0.05, 0) is 32.1 Å². The predicted molar refractivity (Wildman–Crippen MR) is 194 cm³/mol. The van der Waals surface area contributed by atoms with E-state index < -0.39 is 124 Å². The van der Waals surface area contributed by atoms with Gasteiger partial charge in [0.25, 0.3) is 0 Å². The van der Waals surface area contributed by atoms with E-state index in [-0.39, 0.29) is 18.9 Å². The third-order valence-corrected chi connectivity index (χ3v) is 10.0. The average molecular weight is 812 g/mol. The molecule has 17 unspecified atom stereocenters. The van der Waals surface area contributed by atoms with Gasteiger partial charge < -0.3 is 89.9 Å². The lowest BCUT2D eigenvalue weighted by Crippen LogP contribution is -2.66. The van der Waals surface area contributed by atoms with E-state index in [4.69, 9.17) is 28.4 Å². The quantitative estimate of drug-likeness (QED) is 0.0361. The molecule has 0 spiro atoms. The number of allylic oxidation sites excluding steroid dienone is 3. The zero-order valence-corrected chi connectivity index (χ0v) is 32.1. The lowest BCUT2D eigenvalue weighted by Gasteiger charge is -2.48.